The summed E-state index contributed by atoms with van der Waals surface area (Å²) < 4.78 is 10.6. The molecular weight excluding hydrogens is 202 g/mol. The Balaban J connectivity index is 2.65. The second kappa shape index (κ2) is 5.20. The van der Waals surface area contributed by atoms with Gasteiger partial charge in [0.05, 0.1) is 18.8 Å². The van der Waals surface area contributed by atoms with E-state index in [1.807, 2.05) is 0 Å². The molecule has 6 heteroatoms. The molecule has 15 heavy (non-hydrogen) atoms. The van der Waals surface area contributed by atoms with E-state index in [-0.39, 0.29) is 12.7 Å². The Bertz CT molecular complexity index is 199. The third-order valence-corrected chi connectivity index (χ3v) is 2.33. The molecule has 0 aromatic heterocycles. The van der Waals surface area contributed by atoms with E-state index in [0.29, 0.717) is 0 Å². The molecule has 1 rings (SSSR count). The third kappa shape index (κ3) is 2.87. The first-order chi connectivity index (χ1) is 6.97. The van der Waals surface area contributed by atoms with E-state index in [1.54, 1.807) is 13.8 Å². The highest BCUT2D eigenvalue weighted by Crippen LogP contribution is 2.21. The molecule has 0 unspecified atom stereocenters. The molecule has 0 amide bonds. The highest BCUT2D eigenvalue weighted by atomic mass is 16.7. The van der Waals surface area contributed by atoms with Gasteiger partial charge in [-0.15, -0.1) is 0 Å². The summed E-state index contributed by atoms with van der Waals surface area (Å²) in [7, 11) is 0. The quantitative estimate of drug-likeness (QED) is 0.447. The molecule has 1 fully saturated rings. The van der Waals surface area contributed by atoms with Gasteiger partial charge in [0, 0.05) is 0 Å². The lowest BCUT2D eigenvalue weighted by atomic mass is 9.98. The van der Waals surface area contributed by atoms with Crippen molar-refractivity contribution in [1.82, 2.24) is 0 Å². The molecule has 1 aliphatic rings. The Morgan fingerprint density at radius 2 is 1.93 bits per heavy atom. The smallest absolute Gasteiger partial charge is 0.176 e. The molecule has 0 spiro atoms. The fourth-order valence-corrected chi connectivity index (χ4v) is 1.49. The van der Waals surface area contributed by atoms with Crippen molar-refractivity contribution in [2.75, 3.05) is 6.61 Å². The highest BCUT2D eigenvalue weighted by molar-refractivity contribution is 4.91. The maximum absolute atomic E-state index is 9.58. The van der Waals surface area contributed by atoms with E-state index in [2.05, 4.69) is 0 Å². The molecule has 6 nitrogen and oxygen atoms in total. The van der Waals surface area contributed by atoms with Gasteiger partial charge in [-0.25, -0.2) is 0 Å². The third-order valence-electron chi connectivity index (χ3n) is 2.33. The summed E-state index contributed by atoms with van der Waals surface area (Å²) >= 11 is 0. The van der Waals surface area contributed by atoms with Crippen LogP contribution in [0.25, 0.3) is 0 Å². The van der Waals surface area contributed by atoms with E-state index in [4.69, 9.17) is 20.3 Å². The maximum Gasteiger partial charge on any atom is 0.176 e. The van der Waals surface area contributed by atoms with Gasteiger partial charge in [0.25, 0.3) is 0 Å². The van der Waals surface area contributed by atoms with Gasteiger partial charge in [0.1, 0.15) is 18.3 Å². The van der Waals surface area contributed by atoms with Crippen LogP contribution in [0.1, 0.15) is 13.8 Å². The minimum atomic E-state index is -1.18. The Kier molecular flexibility index (Phi) is 4.45. The standard InChI is InChI=1S/C9H19NO5/c1-4(2)14-9-6(10)8(13)7(12)5(3-11)15-9/h4-9,11-13H,3,10H2,1-2H3/t5-,6-,7-,8-,9+/m1/s1. The lowest BCUT2D eigenvalue weighted by Crippen LogP contribution is -2.62. The molecule has 1 saturated heterocycles. The minimum Gasteiger partial charge on any atom is -0.394 e. The van der Waals surface area contributed by atoms with Crippen LogP contribution in [0.2, 0.25) is 0 Å². The molecule has 0 aliphatic carbocycles. The first kappa shape index (κ1) is 12.8. The average molecular weight is 221 g/mol. The number of aliphatic hydroxyl groups is 3. The molecule has 0 saturated carbocycles. The SMILES string of the molecule is CC(C)O[C@H]1O[C@H](CO)[C@@H](O)[C@H](O)[C@H]1N. The summed E-state index contributed by atoms with van der Waals surface area (Å²) in [5.74, 6) is 0. The van der Waals surface area contributed by atoms with E-state index >= 15 is 0 Å². The second-order valence-corrected chi connectivity index (χ2v) is 3.97. The topological polar surface area (TPSA) is 105 Å². The maximum atomic E-state index is 9.58. The first-order valence-electron chi connectivity index (χ1n) is 5.01. The van der Waals surface area contributed by atoms with Crippen LogP contribution < -0.4 is 5.73 Å². The Hall–Kier alpha value is -0.240. The van der Waals surface area contributed by atoms with Gasteiger partial charge in [-0.3, -0.25) is 0 Å². The predicted molar refractivity (Wildman–Crippen MR) is 52.0 cm³/mol. The average Bonchev–Trinajstić information content (AvgIpc) is 2.18. The van der Waals surface area contributed by atoms with E-state index in [9.17, 15) is 10.2 Å². The minimum absolute atomic E-state index is 0.108. The lowest BCUT2D eigenvalue weighted by Gasteiger charge is -2.40. The van der Waals surface area contributed by atoms with E-state index < -0.39 is 30.6 Å². The van der Waals surface area contributed by atoms with Gasteiger partial charge in [0.2, 0.25) is 0 Å². The summed E-state index contributed by atoms with van der Waals surface area (Å²) in [6, 6.07) is -0.815. The molecule has 0 radical (unpaired) electrons. The van der Waals surface area contributed by atoms with E-state index in [0.717, 1.165) is 0 Å². The van der Waals surface area contributed by atoms with Crippen molar-refractivity contribution in [2.24, 2.45) is 5.73 Å². The molecular formula is C9H19NO5. The Labute approximate surface area is 88.6 Å². The lowest BCUT2D eigenvalue weighted by molar-refractivity contribution is -0.274. The van der Waals surface area contributed by atoms with Gasteiger partial charge in [-0.05, 0) is 13.8 Å². The van der Waals surface area contributed by atoms with Crippen LogP contribution in [0, 0.1) is 0 Å². The molecule has 0 bridgehead atoms. The molecule has 5 atom stereocenters. The van der Waals surface area contributed by atoms with Crippen molar-refractivity contribution < 1.29 is 24.8 Å². The van der Waals surface area contributed by atoms with Gasteiger partial charge in [-0.2, -0.15) is 0 Å². The summed E-state index contributed by atoms with van der Waals surface area (Å²) in [6.07, 6.45) is -4.11. The summed E-state index contributed by atoms with van der Waals surface area (Å²) in [6.45, 7) is 3.23. The van der Waals surface area contributed by atoms with Crippen molar-refractivity contribution in [3.63, 3.8) is 0 Å². The van der Waals surface area contributed by atoms with Crippen molar-refractivity contribution in [2.45, 2.75) is 50.6 Å². The summed E-state index contributed by atoms with van der Waals surface area (Å²) in [5.41, 5.74) is 5.64. The van der Waals surface area contributed by atoms with Crippen molar-refractivity contribution in [3.05, 3.63) is 0 Å². The van der Waals surface area contributed by atoms with Crippen molar-refractivity contribution >= 4 is 0 Å². The number of hydrogen-bond donors (Lipinski definition) is 4. The number of ether oxygens (including phenoxy) is 2. The Morgan fingerprint density at radius 1 is 1.33 bits per heavy atom. The number of aliphatic hydroxyl groups excluding tert-OH is 3. The van der Waals surface area contributed by atoms with Crippen LogP contribution >= 0.6 is 0 Å². The van der Waals surface area contributed by atoms with Gasteiger partial charge < -0.3 is 30.5 Å². The van der Waals surface area contributed by atoms with Gasteiger partial charge in [0.15, 0.2) is 6.29 Å². The zero-order chi connectivity index (χ0) is 11.6. The van der Waals surface area contributed by atoms with Crippen LogP contribution in [0.15, 0.2) is 0 Å². The molecule has 90 valence electrons. The summed E-state index contributed by atoms with van der Waals surface area (Å²) in [4.78, 5) is 0. The summed E-state index contributed by atoms with van der Waals surface area (Å²) in [5, 5.41) is 28.0. The predicted octanol–water partition coefficient (Wildman–Crippen LogP) is -1.82. The number of rotatable bonds is 3. The normalized spacial score (nSPS) is 42.2. The van der Waals surface area contributed by atoms with E-state index in [1.165, 1.54) is 0 Å². The second-order valence-electron chi connectivity index (χ2n) is 3.97. The van der Waals surface area contributed by atoms with Crippen molar-refractivity contribution in [3.8, 4) is 0 Å². The molecule has 1 aliphatic heterocycles. The number of hydrogen-bond acceptors (Lipinski definition) is 6. The molecule has 0 aromatic rings. The zero-order valence-corrected chi connectivity index (χ0v) is 8.91. The molecule has 0 aromatic carbocycles. The van der Waals surface area contributed by atoms with Crippen LogP contribution in [-0.2, 0) is 9.47 Å². The molecule has 1 heterocycles. The van der Waals surface area contributed by atoms with Crippen LogP contribution in [-0.4, -0.2) is 58.7 Å². The largest absolute Gasteiger partial charge is 0.394 e. The van der Waals surface area contributed by atoms with Crippen LogP contribution in [0.4, 0.5) is 0 Å². The Morgan fingerprint density at radius 3 is 2.40 bits per heavy atom. The van der Waals surface area contributed by atoms with Gasteiger partial charge in [-0.1, -0.05) is 0 Å². The van der Waals surface area contributed by atoms with Crippen LogP contribution in [0.5, 0.6) is 0 Å². The van der Waals surface area contributed by atoms with Gasteiger partial charge >= 0.3 is 0 Å². The highest BCUT2D eigenvalue weighted by Gasteiger charge is 2.43. The monoisotopic (exact) mass is 221 g/mol. The number of nitrogens with two attached hydrogens (primary N) is 1. The fraction of sp³-hybridized carbons (Fsp3) is 1.00. The van der Waals surface area contributed by atoms with Crippen LogP contribution in [0.3, 0.4) is 0 Å². The first-order valence-corrected chi connectivity index (χ1v) is 5.01. The molecule has 5 N–H and O–H groups in total. The fourth-order valence-electron chi connectivity index (χ4n) is 1.49. The van der Waals surface area contributed by atoms with Crippen molar-refractivity contribution in [1.29, 1.82) is 0 Å². The zero-order valence-electron chi connectivity index (χ0n) is 8.91.